The summed E-state index contributed by atoms with van der Waals surface area (Å²) in [4.78, 5) is 57.3. The van der Waals surface area contributed by atoms with Crippen molar-refractivity contribution in [3.05, 3.63) is 54.1 Å². The zero-order chi connectivity index (χ0) is 27.4. The summed E-state index contributed by atoms with van der Waals surface area (Å²) >= 11 is 1.52. The predicted octanol–water partition coefficient (Wildman–Crippen LogP) is 0.470. The smallest absolute Gasteiger partial charge is 0.326 e. The first-order valence-corrected chi connectivity index (χ1v) is 13.4. The number of aromatic nitrogens is 2. The molecule has 2 rings (SSSR count). The van der Waals surface area contributed by atoms with Gasteiger partial charge in [0.15, 0.2) is 0 Å². The van der Waals surface area contributed by atoms with Crippen LogP contribution in [0.3, 0.4) is 0 Å². The third-order valence-electron chi connectivity index (χ3n) is 5.72. The molecule has 1 heterocycles. The van der Waals surface area contributed by atoms with E-state index in [0.29, 0.717) is 24.3 Å². The molecular weight excluding hydrogens is 496 g/mol. The van der Waals surface area contributed by atoms with Crippen LogP contribution in [0.15, 0.2) is 42.9 Å². The molecule has 0 radical (unpaired) electrons. The number of carbonyl (C=O) groups excluding carboxylic acids is 3. The predicted molar refractivity (Wildman–Crippen MR) is 142 cm³/mol. The molecule has 0 aliphatic rings. The van der Waals surface area contributed by atoms with Crippen molar-refractivity contribution in [3.63, 3.8) is 0 Å². The fraction of sp³-hybridized carbons (Fsp3) is 0.480. The molecule has 2 aromatic rings. The van der Waals surface area contributed by atoms with Crippen molar-refractivity contribution in [1.82, 2.24) is 25.9 Å². The number of H-pyrrole nitrogens is 1. The normalized spacial score (nSPS) is 14.3. The van der Waals surface area contributed by atoms with Gasteiger partial charge in [0.25, 0.3) is 0 Å². The summed E-state index contributed by atoms with van der Waals surface area (Å²) in [5, 5.41) is 17.5. The number of carboxylic acid groups (broad SMARTS) is 1. The van der Waals surface area contributed by atoms with E-state index in [0.717, 1.165) is 5.56 Å². The summed E-state index contributed by atoms with van der Waals surface area (Å²) in [5.74, 6) is -2.61. The summed E-state index contributed by atoms with van der Waals surface area (Å²) in [7, 11) is 0. The lowest BCUT2D eigenvalue weighted by molar-refractivity contribution is -0.142. The second-order valence-electron chi connectivity index (χ2n) is 9.05. The molecule has 0 aliphatic heterocycles. The molecule has 11 nitrogen and oxygen atoms in total. The Morgan fingerprint density at radius 2 is 1.68 bits per heavy atom. The van der Waals surface area contributed by atoms with E-state index in [1.807, 2.05) is 36.6 Å². The Balaban J connectivity index is 2.06. The van der Waals surface area contributed by atoms with Crippen LogP contribution in [0.5, 0.6) is 0 Å². The number of nitrogens with zero attached hydrogens (tertiary/aromatic N) is 1. The zero-order valence-electron chi connectivity index (χ0n) is 21.3. The van der Waals surface area contributed by atoms with E-state index in [4.69, 9.17) is 5.73 Å². The summed E-state index contributed by atoms with van der Waals surface area (Å²) in [6.07, 6.45) is 5.43. The number of hydrogen-bond acceptors (Lipinski definition) is 7. The van der Waals surface area contributed by atoms with Crippen LogP contribution in [-0.4, -0.2) is 74.9 Å². The second kappa shape index (κ2) is 15.0. The van der Waals surface area contributed by atoms with Crippen LogP contribution in [-0.2, 0) is 32.0 Å². The van der Waals surface area contributed by atoms with E-state index in [1.54, 1.807) is 13.8 Å². The number of imidazole rings is 1. The largest absolute Gasteiger partial charge is 0.480 e. The molecule has 1 aromatic carbocycles. The van der Waals surface area contributed by atoms with Crippen molar-refractivity contribution < 1.29 is 24.3 Å². The monoisotopic (exact) mass is 532 g/mol. The molecule has 0 bridgehead atoms. The van der Waals surface area contributed by atoms with Gasteiger partial charge in [-0.2, -0.15) is 11.8 Å². The van der Waals surface area contributed by atoms with Crippen LogP contribution < -0.4 is 21.7 Å². The van der Waals surface area contributed by atoms with Crippen LogP contribution >= 0.6 is 11.8 Å². The van der Waals surface area contributed by atoms with Gasteiger partial charge in [-0.05, 0) is 36.3 Å². The van der Waals surface area contributed by atoms with Crippen molar-refractivity contribution in [1.29, 1.82) is 0 Å². The standard InChI is InChI=1S/C25H36N6O5S/c1-15(2)21(24(34)30-20(25(35)36)12-17-13-27-14-28-17)31-23(33)19(9-10-37-3)29-22(32)18(26)11-16-7-5-4-6-8-16/h4-8,13-15,18-21H,9-12,26H2,1-3H3,(H,27,28)(H,29,32)(H,30,34)(H,31,33)(H,35,36). The number of nitrogens with two attached hydrogens (primary N) is 1. The Morgan fingerprint density at radius 1 is 1.00 bits per heavy atom. The average Bonchev–Trinajstić information content (AvgIpc) is 3.37. The van der Waals surface area contributed by atoms with E-state index in [9.17, 15) is 24.3 Å². The Hall–Kier alpha value is -3.38. The summed E-state index contributed by atoms with van der Waals surface area (Å²) in [6.45, 7) is 3.47. The van der Waals surface area contributed by atoms with Gasteiger partial charge in [-0.15, -0.1) is 0 Å². The van der Waals surface area contributed by atoms with Gasteiger partial charge in [-0.1, -0.05) is 44.2 Å². The molecule has 7 N–H and O–H groups in total. The Morgan fingerprint density at radius 3 is 2.24 bits per heavy atom. The van der Waals surface area contributed by atoms with Gasteiger partial charge >= 0.3 is 5.97 Å². The minimum absolute atomic E-state index is 0.00550. The van der Waals surface area contributed by atoms with Crippen LogP contribution in [0.25, 0.3) is 0 Å². The number of rotatable bonds is 15. The van der Waals surface area contributed by atoms with E-state index in [-0.39, 0.29) is 12.3 Å². The Bertz CT molecular complexity index is 1020. The maximum atomic E-state index is 13.2. The average molecular weight is 533 g/mol. The van der Waals surface area contributed by atoms with Gasteiger partial charge in [0.2, 0.25) is 17.7 Å². The van der Waals surface area contributed by atoms with E-state index in [2.05, 4.69) is 25.9 Å². The number of nitrogens with one attached hydrogen (secondary N) is 4. The Kier molecular flexibility index (Phi) is 12.1. The van der Waals surface area contributed by atoms with Gasteiger partial charge in [-0.25, -0.2) is 9.78 Å². The van der Waals surface area contributed by atoms with E-state index < -0.39 is 47.9 Å². The van der Waals surface area contributed by atoms with Crippen LogP contribution in [0.4, 0.5) is 0 Å². The van der Waals surface area contributed by atoms with E-state index in [1.165, 1.54) is 24.3 Å². The topological polar surface area (TPSA) is 179 Å². The number of carbonyl (C=O) groups is 4. The fourth-order valence-electron chi connectivity index (χ4n) is 3.61. The molecule has 0 fully saturated rings. The highest BCUT2D eigenvalue weighted by molar-refractivity contribution is 7.98. The number of aliphatic carboxylic acids is 1. The van der Waals surface area contributed by atoms with Crippen molar-refractivity contribution in [3.8, 4) is 0 Å². The molecule has 37 heavy (non-hydrogen) atoms. The molecule has 4 unspecified atom stereocenters. The lowest BCUT2D eigenvalue weighted by atomic mass is 10.0. The maximum absolute atomic E-state index is 13.2. The number of hydrogen-bond donors (Lipinski definition) is 6. The molecule has 1 aromatic heterocycles. The number of carboxylic acids is 1. The molecular formula is C25H36N6O5S. The molecule has 3 amide bonds. The molecule has 12 heteroatoms. The molecule has 0 aliphatic carbocycles. The van der Waals surface area contributed by atoms with Gasteiger partial charge in [0.05, 0.1) is 12.4 Å². The minimum Gasteiger partial charge on any atom is -0.480 e. The maximum Gasteiger partial charge on any atom is 0.326 e. The Labute approximate surface area is 220 Å². The minimum atomic E-state index is -1.21. The summed E-state index contributed by atoms with van der Waals surface area (Å²) in [6, 6.07) is 5.34. The first-order valence-electron chi connectivity index (χ1n) is 12.0. The van der Waals surface area contributed by atoms with Crippen LogP contribution in [0, 0.1) is 5.92 Å². The number of benzene rings is 1. The molecule has 0 saturated heterocycles. The lowest BCUT2D eigenvalue weighted by Gasteiger charge is -2.27. The van der Waals surface area contributed by atoms with E-state index >= 15 is 0 Å². The van der Waals surface area contributed by atoms with Gasteiger partial charge in [-0.3, -0.25) is 14.4 Å². The van der Waals surface area contributed by atoms with Crippen LogP contribution in [0.1, 0.15) is 31.5 Å². The molecule has 4 atom stereocenters. The van der Waals surface area contributed by atoms with Crippen molar-refractivity contribution in [2.75, 3.05) is 12.0 Å². The van der Waals surface area contributed by atoms with Gasteiger partial charge in [0, 0.05) is 18.3 Å². The number of aromatic amines is 1. The first-order chi connectivity index (χ1) is 17.6. The molecule has 0 saturated carbocycles. The van der Waals surface area contributed by atoms with Gasteiger partial charge in [0.1, 0.15) is 18.1 Å². The zero-order valence-corrected chi connectivity index (χ0v) is 22.1. The third-order valence-corrected chi connectivity index (χ3v) is 6.36. The number of thioether (sulfide) groups is 1. The highest BCUT2D eigenvalue weighted by atomic mass is 32.2. The molecule has 0 spiro atoms. The van der Waals surface area contributed by atoms with Gasteiger partial charge < -0.3 is 31.8 Å². The van der Waals surface area contributed by atoms with Crippen molar-refractivity contribution >= 4 is 35.5 Å². The SMILES string of the molecule is CSCCC(NC(=O)C(N)Cc1ccccc1)C(=O)NC(C(=O)NC(Cc1cnc[nH]1)C(=O)O)C(C)C. The highest BCUT2D eigenvalue weighted by Crippen LogP contribution is 2.09. The molecule has 202 valence electrons. The van der Waals surface area contributed by atoms with Crippen molar-refractivity contribution in [2.24, 2.45) is 11.7 Å². The fourth-order valence-corrected chi connectivity index (χ4v) is 4.08. The first kappa shape index (κ1) is 29.8. The second-order valence-corrected chi connectivity index (χ2v) is 10.0. The number of amides is 3. The van der Waals surface area contributed by atoms with Crippen LogP contribution in [0.2, 0.25) is 0 Å². The lowest BCUT2D eigenvalue weighted by Crippen LogP contribution is -2.58. The van der Waals surface area contributed by atoms with Crippen molar-refractivity contribution in [2.45, 2.75) is 57.3 Å². The summed E-state index contributed by atoms with van der Waals surface area (Å²) in [5.41, 5.74) is 7.53. The summed E-state index contributed by atoms with van der Waals surface area (Å²) < 4.78 is 0. The highest BCUT2D eigenvalue weighted by Gasteiger charge is 2.32. The third kappa shape index (κ3) is 9.89. The quantitative estimate of drug-likeness (QED) is 0.191.